The minimum atomic E-state index is -0.392. The molecule has 1 fully saturated rings. The summed E-state index contributed by atoms with van der Waals surface area (Å²) in [6, 6.07) is 16.3. The van der Waals surface area contributed by atoms with Crippen LogP contribution < -0.4 is 5.46 Å². The van der Waals surface area contributed by atoms with Gasteiger partial charge in [-0.25, -0.2) is 0 Å². The minimum Gasteiger partial charge on any atom is -0.399 e. The molecule has 38 heavy (non-hydrogen) atoms. The number of aromatic nitrogens is 2. The van der Waals surface area contributed by atoms with Crippen LogP contribution in [0.3, 0.4) is 0 Å². The van der Waals surface area contributed by atoms with Crippen molar-refractivity contribution in [1.82, 2.24) is 10.1 Å². The topological polar surface area (TPSA) is 57.4 Å². The molecular weight excluding hydrogens is 471 g/mol. The fourth-order valence-corrected chi connectivity index (χ4v) is 5.56. The molecule has 5 rings (SSSR count). The Morgan fingerprint density at radius 3 is 2.08 bits per heavy atom. The molecule has 0 saturated carbocycles. The summed E-state index contributed by atoms with van der Waals surface area (Å²) in [5, 5.41) is 4.23. The molecule has 1 aliphatic carbocycles. The summed E-state index contributed by atoms with van der Waals surface area (Å²) >= 11 is 0. The zero-order chi connectivity index (χ0) is 27.3. The number of rotatable bonds is 5. The molecular formula is C32H39BN2O3. The van der Waals surface area contributed by atoms with E-state index in [0.717, 1.165) is 29.4 Å². The molecule has 0 radical (unpaired) electrons. The van der Waals surface area contributed by atoms with Crippen molar-refractivity contribution in [3.05, 3.63) is 70.8 Å². The Morgan fingerprint density at radius 1 is 0.868 bits per heavy atom. The van der Waals surface area contributed by atoms with Gasteiger partial charge in [0.25, 0.3) is 5.89 Å². The van der Waals surface area contributed by atoms with E-state index in [2.05, 4.69) is 95.9 Å². The molecule has 1 aromatic heterocycles. The first-order valence-corrected chi connectivity index (χ1v) is 13.7. The third-order valence-electron chi connectivity index (χ3n) is 8.74. The van der Waals surface area contributed by atoms with Crippen LogP contribution in [0.25, 0.3) is 28.9 Å². The maximum atomic E-state index is 6.16. The van der Waals surface area contributed by atoms with E-state index >= 15 is 0 Å². The van der Waals surface area contributed by atoms with Crippen LogP contribution in [-0.4, -0.2) is 28.5 Å². The Kier molecular flexibility index (Phi) is 6.77. The van der Waals surface area contributed by atoms with Crippen LogP contribution in [0.4, 0.5) is 0 Å². The smallest absolute Gasteiger partial charge is 0.399 e. The average Bonchev–Trinajstić information content (AvgIpc) is 3.44. The number of benzene rings is 2. The van der Waals surface area contributed by atoms with Crippen molar-refractivity contribution >= 4 is 18.7 Å². The fourth-order valence-electron chi connectivity index (χ4n) is 5.56. The molecule has 0 amide bonds. The summed E-state index contributed by atoms with van der Waals surface area (Å²) in [7, 11) is -0.392. The number of nitrogens with zero attached hydrogens (tertiary/aromatic N) is 2. The van der Waals surface area contributed by atoms with Gasteiger partial charge < -0.3 is 13.8 Å². The molecule has 1 aliphatic heterocycles. The van der Waals surface area contributed by atoms with Gasteiger partial charge in [0.05, 0.1) is 11.2 Å². The number of hydrogen-bond acceptors (Lipinski definition) is 5. The van der Waals surface area contributed by atoms with Gasteiger partial charge in [-0.15, -0.1) is 0 Å². The molecule has 0 bridgehead atoms. The Labute approximate surface area is 227 Å². The molecule has 0 atom stereocenters. The third-order valence-corrected chi connectivity index (χ3v) is 8.74. The zero-order valence-corrected chi connectivity index (χ0v) is 24.0. The summed E-state index contributed by atoms with van der Waals surface area (Å²) in [5.41, 5.74) is 7.99. The highest BCUT2D eigenvalue weighted by atomic mass is 16.7. The van der Waals surface area contributed by atoms with Crippen molar-refractivity contribution in [3.63, 3.8) is 0 Å². The quantitative estimate of drug-likeness (QED) is 0.330. The highest BCUT2D eigenvalue weighted by Gasteiger charge is 2.51. The lowest BCUT2D eigenvalue weighted by atomic mass is 9.70. The van der Waals surface area contributed by atoms with E-state index < -0.39 is 7.12 Å². The Balaban J connectivity index is 1.30. The molecule has 2 heterocycles. The predicted molar refractivity (Wildman–Crippen MR) is 155 cm³/mol. The highest BCUT2D eigenvalue weighted by Crippen LogP contribution is 2.44. The van der Waals surface area contributed by atoms with Crippen LogP contribution in [0.2, 0.25) is 0 Å². The van der Waals surface area contributed by atoms with E-state index in [1.54, 1.807) is 5.57 Å². The van der Waals surface area contributed by atoms with E-state index in [1.165, 1.54) is 23.1 Å². The second-order valence-corrected chi connectivity index (χ2v) is 12.3. The summed E-state index contributed by atoms with van der Waals surface area (Å²) in [6.07, 6.45) is 5.74. The Bertz CT molecular complexity index is 1360. The van der Waals surface area contributed by atoms with Crippen LogP contribution in [0.15, 0.2) is 69.8 Å². The van der Waals surface area contributed by atoms with Gasteiger partial charge in [-0.05, 0) is 93.6 Å². The van der Waals surface area contributed by atoms with E-state index in [-0.39, 0.29) is 11.2 Å². The van der Waals surface area contributed by atoms with Gasteiger partial charge >= 0.3 is 7.12 Å². The van der Waals surface area contributed by atoms with E-state index in [9.17, 15) is 0 Å². The maximum absolute atomic E-state index is 6.16. The van der Waals surface area contributed by atoms with E-state index in [4.69, 9.17) is 13.8 Å². The van der Waals surface area contributed by atoms with Crippen molar-refractivity contribution in [1.29, 1.82) is 0 Å². The van der Waals surface area contributed by atoms with Crippen molar-refractivity contribution < 1.29 is 13.8 Å². The zero-order valence-electron chi connectivity index (χ0n) is 24.0. The largest absolute Gasteiger partial charge is 0.494 e. The van der Waals surface area contributed by atoms with Crippen LogP contribution >= 0.6 is 0 Å². The highest BCUT2D eigenvalue weighted by molar-refractivity contribution is 6.62. The Morgan fingerprint density at radius 2 is 1.47 bits per heavy atom. The molecule has 2 aromatic carbocycles. The molecule has 3 aromatic rings. The summed E-state index contributed by atoms with van der Waals surface area (Å²) in [4.78, 5) is 4.66. The fraction of sp³-hybridized carbons (Fsp3) is 0.438. The molecule has 1 saturated heterocycles. The molecule has 0 spiro atoms. The summed E-state index contributed by atoms with van der Waals surface area (Å²) in [5.74, 6) is 1.07. The molecule has 2 aliphatic rings. The van der Waals surface area contributed by atoms with E-state index in [0.29, 0.717) is 17.1 Å². The molecule has 198 valence electrons. The van der Waals surface area contributed by atoms with Crippen molar-refractivity contribution in [2.75, 3.05) is 0 Å². The van der Waals surface area contributed by atoms with Gasteiger partial charge in [0.1, 0.15) is 0 Å². The van der Waals surface area contributed by atoms with Gasteiger partial charge in [-0.2, -0.15) is 4.98 Å². The van der Waals surface area contributed by atoms with Crippen molar-refractivity contribution in [3.8, 4) is 22.8 Å². The standard InChI is InChI=1S/C32H39BN2O3/c1-9-27-21(2)25(18-19-30(27,3)4)20-22-10-12-24(13-11-22)29-34-28(35-36-29)23-14-16-26(17-15-23)33-37-31(5,6)32(7,8)38-33/h10-17,20H,9,18-19H2,1-8H3/b25-20+. The lowest BCUT2D eigenvalue weighted by Crippen LogP contribution is -2.41. The van der Waals surface area contributed by atoms with Gasteiger partial charge in [0.2, 0.25) is 5.82 Å². The predicted octanol–water partition coefficient (Wildman–Crippen LogP) is 7.63. The average molecular weight is 510 g/mol. The first-order chi connectivity index (χ1) is 17.9. The van der Waals surface area contributed by atoms with E-state index in [1.807, 2.05) is 24.3 Å². The van der Waals surface area contributed by atoms with Gasteiger partial charge in [0, 0.05) is 11.1 Å². The summed E-state index contributed by atoms with van der Waals surface area (Å²) in [6.45, 7) is 17.5. The Hall–Kier alpha value is -2.96. The molecule has 0 N–H and O–H groups in total. The third kappa shape index (κ3) is 4.92. The van der Waals surface area contributed by atoms with Crippen LogP contribution in [0.1, 0.15) is 80.2 Å². The van der Waals surface area contributed by atoms with Gasteiger partial charge in [-0.3, -0.25) is 0 Å². The second-order valence-electron chi connectivity index (χ2n) is 12.3. The lowest BCUT2D eigenvalue weighted by molar-refractivity contribution is 0.00578. The normalized spacial score (nSPS) is 21.4. The SMILES string of the molecule is CCC1=C(C)/C(=C/c2ccc(-c3nc(-c4ccc(B5OC(C)(C)C(C)(C)O5)cc4)no3)cc2)CCC1(C)C. The first-order valence-electron chi connectivity index (χ1n) is 13.7. The molecule has 5 nitrogen and oxygen atoms in total. The van der Waals surface area contributed by atoms with Gasteiger partial charge in [0.15, 0.2) is 0 Å². The number of hydrogen-bond donors (Lipinski definition) is 0. The maximum Gasteiger partial charge on any atom is 0.494 e. The number of allylic oxidation sites excluding steroid dienone is 3. The second kappa shape index (κ2) is 9.66. The molecule has 6 heteroatoms. The monoisotopic (exact) mass is 510 g/mol. The minimum absolute atomic E-state index is 0.294. The first kappa shape index (κ1) is 26.6. The summed E-state index contributed by atoms with van der Waals surface area (Å²) < 4.78 is 17.9. The van der Waals surface area contributed by atoms with Crippen LogP contribution in [0.5, 0.6) is 0 Å². The van der Waals surface area contributed by atoms with Crippen molar-refractivity contribution in [2.45, 2.75) is 85.9 Å². The van der Waals surface area contributed by atoms with Crippen LogP contribution in [0, 0.1) is 5.41 Å². The molecule has 0 unspecified atom stereocenters. The lowest BCUT2D eigenvalue weighted by Gasteiger charge is -2.35. The van der Waals surface area contributed by atoms with Crippen molar-refractivity contribution in [2.24, 2.45) is 5.41 Å². The van der Waals surface area contributed by atoms with Gasteiger partial charge in [-0.1, -0.05) is 74.0 Å². The van der Waals surface area contributed by atoms with Crippen LogP contribution in [-0.2, 0) is 9.31 Å².